The van der Waals surface area contributed by atoms with Crippen LogP contribution in [0.25, 0.3) is 0 Å². The van der Waals surface area contributed by atoms with E-state index in [0.29, 0.717) is 5.92 Å². The molecule has 1 N–H and O–H groups in total. The Labute approximate surface area is 120 Å². The molecule has 1 unspecified atom stereocenters. The van der Waals surface area contributed by atoms with Crippen LogP contribution in [0.15, 0.2) is 24.3 Å². The van der Waals surface area contributed by atoms with Crippen molar-refractivity contribution in [1.29, 1.82) is 0 Å². The molecule has 3 heteroatoms. The quantitative estimate of drug-likeness (QED) is 0.916. The van der Waals surface area contributed by atoms with Gasteiger partial charge in [-0.25, -0.2) is 0 Å². The van der Waals surface area contributed by atoms with Crippen molar-refractivity contribution >= 4 is 11.7 Å². The fourth-order valence-electron chi connectivity index (χ4n) is 2.88. The summed E-state index contributed by atoms with van der Waals surface area (Å²) in [5.41, 5.74) is 2.60. The number of nitrogens with one attached hydrogen (secondary N) is 1. The fraction of sp³-hybridized carbons (Fsp3) is 0.529. The van der Waals surface area contributed by atoms with Crippen LogP contribution < -0.4 is 5.32 Å². The van der Waals surface area contributed by atoms with E-state index in [0.717, 1.165) is 19.3 Å². The third-order valence-corrected chi connectivity index (χ3v) is 4.29. The number of carbonyl (C=O) groups excluding carboxylic acids is 2. The van der Waals surface area contributed by atoms with Crippen LogP contribution in [0.1, 0.15) is 50.2 Å². The summed E-state index contributed by atoms with van der Waals surface area (Å²) < 4.78 is 0. The van der Waals surface area contributed by atoms with Gasteiger partial charge in [-0.3, -0.25) is 9.59 Å². The largest absolute Gasteiger partial charge is 0.346 e. The molecule has 1 aliphatic rings. The summed E-state index contributed by atoms with van der Waals surface area (Å²) in [4.78, 5) is 23.3. The minimum atomic E-state index is -0.375. The second kappa shape index (κ2) is 6.21. The first-order valence-electron chi connectivity index (χ1n) is 7.34. The highest BCUT2D eigenvalue weighted by Crippen LogP contribution is 2.38. The first-order chi connectivity index (χ1) is 9.47. The minimum Gasteiger partial charge on any atom is -0.346 e. The van der Waals surface area contributed by atoms with Gasteiger partial charge in [-0.15, -0.1) is 0 Å². The van der Waals surface area contributed by atoms with E-state index in [1.165, 1.54) is 18.1 Å². The highest BCUT2D eigenvalue weighted by atomic mass is 16.2. The van der Waals surface area contributed by atoms with Crippen molar-refractivity contribution in [1.82, 2.24) is 5.32 Å². The molecule has 0 saturated heterocycles. The molecule has 3 nitrogen and oxygen atoms in total. The van der Waals surface area contributed by atoms with Gasteiger partial charge >= 0.3 is 0 Å². The summed E-state index contributed by atoms with van der Waals surface area (Å²) in [6.07, 6.45) is 2.85. The number of hydrogen-bond acceptors (Lipinski definition) is 2. The molecule has 108 valence electrons. The Morgan fingerprint density at radius 1 is 1.30 bits per heavy atom. The molecule has 1 aromatic rings. The Balaban J connectivity index is 1.95. The SMILES string of the molecule is CC(=O)[C@H](C)NC(=O)[C@@H]1CCC(c2cccc(C)c2)C1. The summed E-state index contributed by atoms with van der Waals surface area (Å²) in [7, 11) is 0. The average molecular weight is 273 g/mol. The number of hydrogen-bond donors (Lipinski definition) is 1. The van der Waals surface area contributed by atoms with E-state index >= 15 is 0 Å². The van der Waals surface area contributed by atoms with Crippen LogP contribution in [0.4, 0.5) is 0 Å². The van der Waals surface area contributed by atoms with Crippen LogP contribution in [0.3, 0.4) is 0 Å². The zero-order chi connectivity index (χ0) is 14.7. The number of rotatable bonds is 4. The van der Waals surface area contributed by atoms with Crippen LogP contribution in [0, 0.1) is 12.8 Å². The maximum atomic E-state index is 12.1. The lowest BCUT2D eigenvalue weighted by molar-refractivity contribution is -0.129. The average Bonchev–Trinajstić information content (AvgIpc) is 2.88. The molecule has 1 aliphatic carbocycles. The normalized spacial score (nSPS) is 23.4. The van der Waals surface area contributed by atoms with Crippen LogP contribution in [0.5, 0.6) is 0 Å². The standard InChI is InChI=1S/C17H23NO2/c1-11-5-4-6-14(9-11)15-7-8-16(10-15)17(20)18-12(2)13(3)19/h4-6,9,12,15-16H,7-8,10H2,1-3H3,(H,18,20)/t12-,15?,16+/m0/s1. The number of Topliss-reactive ketones (excluding diaryl/α,β-unsaturated/α-hetero) is 1. The Kier molecular flexibility index (Phi) is 4.58. The molecule has 1 amide bonds. The van der Waals surface area contributed by atoms with E-state index in [2.05, 4.69) is 36.5 Å². The van der Waals surface area contributed by atoms with Crippen molar-refractivity contribution in [3.63, 3.8) is 0 Å². The predicted molar refractivity (Wildman–Crippen MR) is 79.5 cm³/mol. The van der Waals surface area contributed by atoms with Gasteiger partial charge in [-0.1, -0.05) is 29.8 Å². The molecule has 20 heavy (non-hydrogen) atoms. The Hall–Kier alpha value is -1.64. The zero-order valence-corrected chi connectivity index (χ0v) is 12.5. The molecule has 0 aromatic heterocycles. The molecule has 0 aliphatic heterocycles. The van der Waals surface area contributed by atoms with Crippen molar-refractivity contribution in [2.75, 3.05) is 0 Å². The molecule has 1 fully saturated rings. The number of ketones is 1. The molecule has 0 spiro atoms. The first kappa shape index (κ1) is 14.8. The second-order valence-corrected chi connectivity index (χ2v) is 5.96. The van der Waals surface area contributed by atoms with Gasteiger partial charge in [-0.05, 0) is 51.5 Å². The maximum Gasteiger partial charge on any atom is 0.223 e. The van der Waals surface area contributed by atoms with E-state index < -0.39 is 0 Å². The number of carbonyl (C=O) groups is 2. The molecular weight excluding hydrogens is 250 g/mol. The molecule has 0 heterocycles. The molecule has 2 rings (SSSR count). The first-order valence-corrected chi connectivity index (χ1v) is 7.34. The molecule has 1 aromatic carbocycles. The van der Waals surface area contributed by atoms with Crippen molar-refractivity contribution < 1.29 is 9.59 Å². The molecule has 0 radical (unpaired) electrons. The monoisotopic (exact) mass is 273 g/mol. The Bertz CT molecular complexity index is 509. The summed E-state index contributed by atoms with van der Waals surface area (Å²) in [6, 6.07) is 8.16. The van der Waals surface area contributed by atoms with E-state index in [1.807, 2.05) is 0 Å². The van der Waals surface area contributed by atoms with Crippen molar-refractivity contribution in [3.05, 3.63) is 35.4 Å². The van der Waals surface area contributed by atoms with Crippen LogP contribution in [-0.2, 0) is 9.59 Å². The van der Waals surface area contributed by atoms with E-state index in [9.17, 15) is 9.59 Å². The maximum absolute atomic E-state index is 12.1. The van der Waals surface area contributed by atoms with Crippen LogP contribution >= 0.6 is 0 Å². The zero-order valence-electron chi connectivity index (χ0n) is 12.5. The van der Waals surface area contributed by atoms with Crippen molar-refractivity contribution in [2.24, 2.45) is 5.92 Å². The van der Waals surface area contributed by atoms with Gasteiger partial charge in [-0.2, -0.15) is 0 Å². The summed E-state index contributed by atoms with van der Waals surface area (Å²) in [6.45, 7) is 5.35. The lowest BCUT2D eigenvalue weighted by Crippen LogP contribution is -2.40. The Morgan fingerprint density at radius 3 is 2.70 bits per heavy atom. The summed E-state index contributed by atoms with van der Waals surface area (Å²) in [5.74, 6) is 0.551. The van der Waals surface area contributed by atoms with Gasteiger partial charge in [0.05, 0.1) is 6.04 Å². The van der Waals surface area contributed by atoms with Crippen molar-refractivity contribution in [2.45, 2.75) is 52.0 Å². The van der Waals surface area contributed by atoms with Gasteiger partial charge in [0.1, 0.15) is 0 Å². The van der Waals surface area contributed by atoms with Crippen LogP contribution in [-0.4, -0.2) is 17.7 Å². The van der Waals surface area contributed by atoms with Crippen molar-refractivity contribution in [3.8, 4) is 0 Å². The van der Waals surface area contributed by atoms with Gasteiger partial charge in [0.2, 0.25) is 5.91 Å². The Morgan fingerprint density at radius 2 is 2.05 bits per heavy atom. The highest BCUT2D eigenvalue weighted by Gasteiger charge is 2.31. The lowest BCUT2D eigenvalue weighted by Gasteiger charge is -2.15. The molecule has 1 saturated carbocycles. The smallest absolute Gasteiger partial charge is 0.223 e. The number of aryl methyl sites for hydroxylation is 1. The van der Waals surface area contributed by atoms with E-state index in [1.54, 1.807) is 6.92 Å². The van der Waals surface area contributed by atoms with E-state index in [-0.39, 0.29) is 23.7 Å². The number of benzene rings is 1. The van der Waals surface area contributed by atoms with Gasteiger partial charge in [0.15, 0.2) is 5.78 Å². The summed E-state index contributed by atoms with van der Waals surface area (Å²) >= 11 is 0. The fourth-order valence-corrected chi connectivity index (χ4v) is 2.88. The predicted octanol–water partition coefficient (Wildman–Crippen LogP) is 2.97. The van der Waals surface area contributed by atoms with Gasteiger partial charge < -0.3 is 5.32 Å². The number of amides is 1. The minimum absolute atomic E-state index is 0.00609. The lowest BCUT2D eigenvalue weighted by atomic mass is 9.95. The van der Waals surface area contributed by atoms with E-state index in [4.69, 9.17) is 0 Å². The summed E-state index contributed by atoms with van der Waals surface area (Å²) in [5, 5.41) is 2.82. The molecular formula is C17H23NO2. The topological polar surface area (TPSA) is 46.2 Å². The van der Waals surface area contributed by atoms with Gasteiger partial charge in [0, 0.05) is 5.92 Å². The second-order valence-electron chi connectivity index (χ2n) is 5.96. The third kappa shape index (κ3) is 3.47. The molecule has 0 bridgehead atoms. The molecule has 3 atom stereocenters. The third-order valence-electron chi connectivity index (χ3n) is 4.29. The van der Waals surface area contributed by atoms with Gasteiger partial charge in [0.25, 0.3) is 0 Å². The highest BCUT2D eigenvalue weighted by molar-refractivity contribution is 5.88. The van der Waals surface area contributed by atoms with Crippen LogP contribution in [0.2, 0.25) is 0 Å².